The van der Waals surface area contributed by atoms with E-state index in [0.29, 0.717) is 18.2 Å². The lowest BCUT2D eigenvalue weighted by Crippen LogP contribution is -2.06. The second-order valence-corrected chi connectivity index (χ2v) is 3.89. The van der Waals surface area contributed by atoms with Gasteiger partial charge in [0.05, 0.1) is 23.2 Å². The van der Waals surface area contributed by atoms with E-state index in [4.69, 9.17) is 21.1 Å². The van der Waals surface area contributed by atoms with Crippen molar-refractivity contribution in [2.24, 2.45) is 0 Å². The van der Waals surface area contributed by atoms with Gasteiger partial charge in [0.1, 0.15) is 0 Å². The number of rotatable bonds is 3. The summed E-state index contributed by atoms with van der Waals surface area (Å²) in [4.78, 5) is 10.0. The van der Waals surface area contributed by atoms with E-state index >= 15 is 0 Å². The molecule has 0 radical (unpaired) electrons. The van der Waals surface area contributed by atoms with Gasteiger partial charge in [-0.05, 0) is 23.8 Å². The van der Waals surface area contributed by atoms with E-state index in [0.717, 1.165) is 5.56 Å². The van der Waals surface area contributed by atoms with Crippen LogP contribution in [-0.4, -0.2) is 24.4 Å². The molecular weight excluding hydrogens is 246 g/mol. The van der Waals surface area contributed by atoms with Crippen LogP contribution in [0, 0.1) is 10.1 Å². The van der Waals surface area contributed by atoms with Crippen molar-refractivity contribution in [3.63, 3.8) is 0 Å². The lowest BCUT2D eigenvalue weighted by Gasteiger charge is -2.06. The molecule has 1 aromatic rings. The summed E-state index contributed by atoms with van der Waals surface area (Å²) in [6, 6.07) is 6.09. The second kappa shape index (κ2) is 5.27. The molecule has 5 nitrogen and oxygen atoms in total. The van der Waals surface area contributed by atoms with E-state index in [1.165, 1.54) is 12.1 Å². The topological polar surface area (TPSA) is 61.6 Å². The molecule has 0 spiro atoms. The van der Waals surface area contributed by atoms with Crippen LogP contribution in [0.3, 0.4) is 0 Å². The van der Waals surface area contributed by atoms with Crippen molar-refractivity contribution in [3.05, 3.63) is 45.0 Å². The molecule has 0 aromatic heterocycles. The SMILES string of the molecule is O=[N+]([O-])c1ccc(/C=C(\Cl)C2OCCO2)cc1. The number of non-ortho nitro benzene ring substituents is 1. The standard InChI is InChI=1S/C11H10ClNO4/c12-10(11-16-5-6-17-11)7-8-1-3-9(4-2-8)13(14)15/h1-4,7,11H,5-6H2/b10-7-. The van der Waals surface area contributed by atoms with Gasteiger partial charge in [-0.25, -0.2) is 0 Å². The zero-order valence-corrected chi connectivity index (χ0v) is 9.59. The van der Waals surface area contributed by atoms with Crippen LogP contribution in [0.1, 0.15) is 5.56 Å². The van der Waals surface area contributed by atoms with E-state index < -0.39 is 11.2 Å². The molecule has 1 aliphatic heterocycles. The van der Waals surface area contributed by atoms with Crippen LogP contribution < -0.4 is 0 Å². The Morgan fingerprint density at radius 3 is 2.47 bits per heavy atom. The molecule has 1 heterocycles. The maximum absolute atomic E-state index is 10.5. The summed E-state index contributed by atoms with van der Waals surface area (Å²) in [5, 5.41) is 10.9. The molecule has 1 fully saturated rings. The first-order valence-corrected chi connectivity index (χ1v) is 5.39. The molecule has 0 unspecified atom stereocenters. The quantitative estimate of drug-likeness (QED) is 0.615. The van der Waals surface area contributed by atoms with E-state index in [2.05, 4.69) is 0 Å². The van der Waals surface area contributed by atoms with Crippen LogP contribution in [0.15, 0.2) is 29.3 Å². The maximum Gasteiger partial charge on any atom is 0.269 e. The summed E-state index contributed by atoms with van der Waals surface area (Å²) < 4.78 is 10.4. The summed E-state index contributed by atoms with van der Waals surface area (Å²) in [5.74, 6) is 0. The minimum Gasteiger partial charge on any atom is -0.345 e. The molecule has 0 N–H and O–H groups in total. The van der Waals surface area contributed by atoms with Gasteiger partial charge in [-0.15, -0.1) is 0 Å². The van der Waals surface area contributed by atoms with Gasteiger partial charge in [0, 0.05) is 12.1 Å². The molecule has 90 valence electrons. The Balaban J connectivity index is 2.11. The highest BCUT2D eigenvalue weighted by atomic mass is 35.5. The lowest BCUT2D eigenvalue weighted by molar-refractivity contribution is -0.384. The predicted octanol–water partition coefficient (Wildman–Crippen LogP) is 2.55. The summed E-state index contributed by atoms with van der Waals surface area (Å²) in [5.41, 5.74) is 0.811. The Labute approximate surface area is 103 Å². The first-order chi connectivity index (χ1) is 8.16. The number of nitro benzene ring substituents is 1. The zero-order valence-electron chi connectivity index (χ0n) is 8.84. The maximum atomic E-state index is 10.5. The molecule has 6 heteroatoms. The lowest BCUT2D eigenvalue weighted by atomic mass is 10.2. The Bertz CT molecular complexity index is 437. The fourth-order valence-electron chi connectivity index (χ4n) is 1.44. The first-order valence-electron chi connectivity index (χ1n) is 5.01. The van der Waals surface area contributed by atoms with Crippen molar-refractivity contribution >= 4 is 23.4 Å². The average Bonchev–Trinajstić information content (AvgIpc) is 2.83. The van der Waals surface area contributed by atoms with Gasteiger partial charge in [0.2, 0.25) is 0 Å². The van der Waals surface area contributed by atoms with E-state index in [1.807, 2.05) is 0 Å². The van der Waals surface area contributed by atoms with Crippen molar-refractivity contribution in [1.29, 1.82) is 0 Å². The minimum absolute atomic E-state index is 0.0478. The Morgan fingerprint density at radius 1 is 1.35 bits per heavy atom. The second-order valence-electron chi connectivity index (χ2n) is 3.45. The van der Waals surface area contributed by atoms with Crippen molar-refractivity contribution in [2.75, 3.05) is 13.2 Å². The highest BCUT2D eigenvalue weighted by Gasteiger charge is 2.19. The number of hydrogen-bond donors (Lipinski definition) is 0. The molecule has 1 aliphatic rings. The number of nitrogens with zero attached hydrogens (tertiary/aromatic N) is 1. The third kappa shape index (κ3) is 3.03. The average molecular weight is 256 g/mol. The number of halogens is 1. The van der Waals surface area contributed by atoms with Crippen LogP contribution in [0.4, 0.5) is 5.69 Å². The van der Waals surface area contributed by atoms with Crippen molar-refractivity contribution in [2.45, 2.75) is 6.29 Å². The van der Waals surface area contributed by atoms with Crippen molar-refractivity contribution in [3.8, 4) is 0 Å². The van der Waals surface area contributed by atoms with Crippen LogP contribution in [0.2, 0.25) is 0 Å². The van der Waals surface area contributed by atoms with E-state index in [9.17, 15) is 10.1 Å². The van der Waals surface area contributed by atoms with Crippen molar-refractivity contribution in [1.82, 2.24) is 0 Å². The third-order valence-corrected chi connectivity index (χ3v) is 2.54. The molecule has 0 atom stereocenters. The van der Waals surface area contributed by atoms with Gasteiger partial charge in [-0.3, -0.25) is 10.1 Å². The highest BCUT2D eigenvalue weighted by molar-refractivity contribution is 6.32. The van der Waals surface area contributed by atoms with Gasteiger partial charge < -0.3 is 9.47 Å². The third-order valence-electron chi connectivity index (χ3n) is 2.26. The molecule has 0 bridgehead atoms. The van der Waals surface area contributed by atoms with Gasteiger partial charge in [0.15, 0.2) is 6.29 Å². The van der Waals surface area contributed by atoms with Crippen LogP contribution in [0.25, 0.3) is 6.08 Å². The first kappa shape index (κ1) is 12.0. The summed E-state index contributed by atoms with van der Waals surface area (Å²) in [6.45, 7) is 1.05. The zero-order chi connectivity index (χ0) is 12.3. The van der Waals surface area contributed by atoms with E-state index in [-0.39, 0.29) is 5.69 Å². The highest BCUT2D eigenvalue weighted by Crippen LogP contribution is 2.21. The fraction of sp³-hybridized carbons (Fsp3) is 0.273. The van der Waals surface area contributed by atoms with Crippen LogP contribution >= 0.6 is 11.6 Å². The Hall–Kier alpha value is -1.43. The largest absolute Gasteiger partial charge is 0.345 e. The summed E-state index contributed by atoms with van der Waals surface area (Å²) >= 11 is 6.00. The number of hydrogen-bond acceptors (Lipinski definition) is 4. The molecule has 1 saturated heterocycles. The Morgan fingerprint density at radius 2 is 1.94 bits per heavy atom. The minimum atomic E-state index is -0.521. The normalized spacial score (nSPS) is 17.4. The molecule has 0 saturated carbocycles. The molecular formula is C11H10ClNO4. The van der Waals surface area contributed by atoms with E-state index in [1.54, 1.807) is 18.2 Å². The Kier molecular flexibility index (Phi) is 3.73. The smallest absolute Gasteiger partial charge is 0.269 e. The summed E-state index contributed by atoms with van der Waals surface area (Å²) in [7, 11) is 0. The van der Waals surface area contributed by atoms with Crippen molar-refractivity contribution < 1.29 is 14.4 Å². The summed E-state index contributed by atoms with van der Waals surface area (Å²) in [6.07, 6.45) is 1.15. The van der Waals surface area contributed by atoms with Gasteiger partial charge in [-0.2, -0.15) is 0 Å². The monoisotopic (exact) mass is 255 g/mol. The number of benzene rings is 1. The molecule has 17 heavy (non-hydrogen) atoms. The predicted molar refractivity (Wildman–Crippen MR) is 62.6 cm³/mol. The molecule has 0 amide bonds. The van der Waals surface area contributed by atoms with Crippen LogP contribution in [0.5, 0.6) is 0 Å². The fourth-order valence-corrected chi connectivity index (χ4v) is 1.69. The molecule has 2 rings (SSSR count). The molecule has 1 aromatic carbocycles. The number of ether oxygens (including phenoxy) is 2. The number of nitro groups is 1. The molecule has 0 aliphatic carbocycles. The van der Waals surface area contributed by atoms with Gasteiger partial charge in [0.25, 0.3) is 5.69 Å². The van der Waals surface area contributed by atoms with Crippen LogP contribution in [-0.2, 0) is 9.47 Å². The van der Waals surface area contributed by atoms with Gasteiger partial charge in [-0.1, -0.05) is 11.6 Å². The van der Waals surface area contributed by atoms with Gasteiger partial charge >= 0.3 is 0 Å².